The molecule has 0 saturated heterocycles. The van der Waals surface area contributed by atoms with Gasteiger partial charge in [-0.15, -0.1) is 11.3 Å². The summed E-state index contributed by atoms with van der Waals surface area (Å²) in [6, 6.07) is 70.5. The summed E-state index contributed by atoms with van der Waals surface area (Å²) < 4.78 is 2.65. The lowest BCUT2D eigenvalue weighted by Crippen LogP contribution is -2.25. The lowest BCUT2D eigenvalue weighted by molar-refractivity contribution is 0.795. The average molecular weight is 752 g/mol. The van der Waals surface area contributed by atoms with Crippen molar-refractivity contribution in [3.63, 3.8) is 0 Å². The molecule has 1 nitrogen and oxygen atoms in total. The summed E-state index contributed by atoms with van der Waals surface area (Å²) in [7, 11) is 0. The van der Waals surface area contributed by atoms with Gasteiger partial charge in [-0.05, 0) is 107 Å². The monoisotopic (exact) mass is 751 g/mol. The zero-order chi connectivity index (χ0) is 38.0. The van der Waals surface area contributed by atoms with E-state index in [1.807, 2.05) is 29.8 Å². The number of benzene rings is 9. The van der Waals surface area contributed by atoms with Gasteiger partial charge in [-0.3, -0.25) is 4.98 Å². The predicted molar refractivity (Wildman–Crippen MR) is 245 cm³/mol. The molecule has 13 rings (SSSR count). The molecule has 268 valence electrons. The maximum Gasteiger partial charge on any atom is 0.0726 e. The minimum Gasteiger partial charge on any atom is -0.264 e. The van der Waals surface area contributed by atoms with Crippen LogP contribution in [-0.4, -0.2) is 4.98 Å². The van der Waals surface area contributed by atoms with Crippen LogP contribution in [0.3, 0.4) is 0 Å². The lowest BCUT2D eigenvalue weighted by atomic mass is 9.70. The van der Waals surface area contributed by atoms with E-state index in [0.29, 0.717) is 0 Å². The Kier molecular flexibility index (Phi) is 6.59. The molecule has 0 unspecified atom stereocenters. The molecule has 0 aliphatic heterocycles. The van der Waals surface area contributed by atoms with Gasteiger partial charge in [-0.2, -0.15) is 0 Å². The van der Waals surface area contributed by atoms with Crippen LogP contribution in [-0.2, 0) is 5.41 Å². The van der Waals surface area contributed by atoms with Crippen molar-refractivity contribution >= 4 is 53.1 Å². The van der Waals surface area contributed by atoms with Crippen molar-refractivity contribution in [2.75, 3.05) is 0 Å². The zero-order valence-corrected chi connectivity index (χ0v) is 32.2. The normalized spacial score (nSPS) is 13.3. The fourth-order valence-corrected chi connectivity index (χ4v) is 12.0. The largest absolute Gasteiger partial charge is 0.264 e. The fraction of sp³-hybridized carbons (Fsp3) is 0.0179. The van der Waals surface area contributed by atoms with Gasteiger partial charge in [0.05, 0.1) is 5.41 Å². The highest BCUT2D eigenvalue weighted by Crippen LogP contribution is 2.65. The number of hydrogen-bond donors (Lipinski definition) is 0. The molecule has 1 spiro atoms. The van der Waals surface area contributed by atoms with Gasteiger partial charge in [0, 0.05) is 43.7 Å². The molecular weight excluding hydrogens is 719 g/mol. The molecular formula is C56H33NS. The van der Waals surface area contributed by atoms with E-state index in [4.69, 9.17) is 0 Å². The third-order valence-corrected chi connectivity index (χ3v) is 14.2. The van der Waals surface area contributed by atoms with Gasteiger partial charge >= 0.3 is 0 Å². The molecule has 2 heteroatoms. The quantitative estimate of drug-likeness (QED) is 0.164. The van der Waals surface area contributed by atoms with Gasteiger partial charge in [0.1, 0.15) is 0 Å². The van der Waals surface area contributed by atoms with Crippen molar-refractivity contribution in [1.29, 1.82) is 0 Å². The van der Waals surface area contributed by atoms with Gasteiger partial charge in [-0.25, -0.2) is 0 Å². The second-order valence-corrected chi connectivity index (χ2v) is 16.8. The predicted octanol–water partition coefficient (Wildman–Crippen LogP) is 15.1. The lowest BCUT2D eigenvalue weighted by Gasteiger charge is -2.31. The molecule has 0 bridgehead atoms. The zero-order valence-electron chi connectivity index (χ0n) is 31.4. The Balaban J connectivity index is 1.14. The van der Waals surface area contributed by atoms with Crippen LogP contribution < -0.4 is 0 Å². The average Bonchev–Trinajstić information content (AvgIpc) is 3.92. The Labute approximate surface area is 340 Å². The molecule has 58 heavy (non-hydrogen) atoms. The summed E-state index contributed by atoms with van der Waals surface area (Å²) >= 11 is 1.93. The molecule has 2 heterocycles. The Morgan fingerprint density at radius 2 is 0.931 bits per heavy atom. The molecule has 0 radical (unpaired) electrons. The number of rotatable bonds is 3. The first-order valence-electron chi connectivity index (χ1n) is 20.0. The second-order valence-electron chi connectivity index (χ2n) is 15.7. The number of hydrogen-bond acceptors (Lipinski definition) is 2. The van der Waals surface area contributed by atoms with Crippen LogP contribution in [0.1, 0.15) is 22.3 Å². The molecule has 0 N–H and O–H groups in total. The summed E-state index contributed by atoms with van der Waals surface area (Å²) in [5, 5.41) is 7.71. The van der Waals surface area contributed by atoms with Gasteiger partial charge in [-0.1, -0.05) is 170 Å². The van der Waals surface area contributed by atoms with Crippen LogP contribution in [0.4, 0.5) is 0 Å². The fourth-order valence-electron chi connectivity index (χ4n) is 10.7. The Morgan fingerprint density at radius 3 is 1.60 bits per heavy atom. The first kappa shape index (κ1) is 32.0. The first-order chi connectivity index (χ1) is 28.8. The summed E-state index contributed by atoms with van der Waals surface area (Å²) in [4.78, 5) is 4.42. The number of aromatic nitrogens is 1. The summed E-state index contributed by atoms with van der Waals surface area (Å²) in [5.74, 6) is 0. The number of pyridine rings is 1. The number of fused-ring (bicyclic) bond motifs is 16. The highest BCUT2D eigenvalue weighted by atomic mass is 32.1. The van der Waals surface area contributed by atoms with Crippen molar-refractivity contribution in [2.45, 2.75) is 5.41 Å². The molecule has 0 fully saturated rings. The van der Waals surface area contributed by atoms with E-state index in [9.17, 15) is 0 Å². The van der Waals surface area contributed by atoms with Crippen LogP contribution in [0.25, 0.3) is 97.4 Å². The molecule has 2 aromatic heterocycles. The third-order valence-electron chi connectivity index (χ3n) is 13.0. The van der Waals surface area contributed by atoms with E-state index in [1.54, 1.807) is 0 Å². The maximum atomic E-state index is 4.42. The Hall–Kier alpha value is -7.13. The van der Waals surface area contributed by atoms with Crippen LogP contribution in [0.2, 0.25) is 0 Å². The Morgan fingerprint density at radius 1 is 0.345 bits per heavy atom. The molecule has 11 aromatic rings. The maximum absolute atomic E-state index is 4.42. The minimum absolute atomic E-state index is 0.464. The van der Waals surface area contributed by atoms with Crippen molar-refractivity contribution in [1.82, 2.24) is 4.98 Å². The van der Waals surface area contributed by atoms with Crippen molar-refractivity contribution in [3.8, 4) is 55.6 Å². The first-order valence-corrected chi connectivity index (χ1v) is 20.8. The third kappa shape index (κ3) is 4.17. The molecule has 0 saturated carbocycles. The highest BCUT2D eigenvalue weighted by Gasteiger charge is 2.52. The Bertz CT molecular complexity index is 3400. The summed E-state index contributed by atoms with van der Waals surface area (Å²) in [6.07, 6.45) is 3.80. The summed E-state index contributed by atoms with van der Waals surface area (Å²) in [6.45, 7) is 0. The van der Waals surface area contributed by atoms with Crippen LogP contribution >= 0.6 is 11.3 Å². The van der Waals surface area contributed by atoms with E-state index in [0.717, 1.165) is 5.56 Å². The SMILES string of the molecule is c1ccc(-c2c3ccccc3c(-c3ccc4c(c3)C3(c5ccccc5-c5ccccc53)c3ccc5c(sc6cc(-c7cccnc7)ccc65)c3-4)c3ccccc23)cc1. The second kappa shape index (κ2) is 11.9. The van der Waals surface area contributed by atoms with Crippen LogP contribution in [0, 0.1) is 0 Å². The topological polar surface area (TPSA) is 12.9 Å². The molecule has 0 amide bonds. The minimum atomic E-state index is -0.464. The van der Waals surface area contributed by atoms with Gasteiger partial charge < -0.3 is 0 Å². The van der Waals surface area contributed by atoms with Crippen molar-refractivity contribution in [2.24, 2.45) is 0 Å². The van der Waals surface area contributed by atoms with Gasteiger partial charge in [0.25, 0.3) is 0 Å². The molecule has 0 atom stereocenters. The van der Waals surface area contributed by atoms with E-state index in [2.05, 4.69) is 187 Å². The molecule has 2 aliphatic rings. The standard InChI is InChI=1S/C56H33NS/c1-2-13-34(14-3-1)52-41-18-4-6-20-43(41)53(44-21-7-5-19-42(44)52)36-25-27-46-50(31-36)56(47-22-10-8-16-38(47)39-17-9-11-23-48(39)56)49-29-28-45-40-26-24-35(37-15-12-30-57-33-37)32-51(40)58-55(45)54(46)49/h1-33H. The van der Waals surface area contributed by atoms with Crippen molar-refractivity contribution in [3.05, 3.63) is 223 Å². The van der Waals surface area contributed by atoms with E-state index in [1.165, 1.54) is 114 Å². The van der Waals surface area contributed by atoms with E-state index < -0.39 is 5.41 Å². The molecule has 9 aromatic carbocycles. The van der Waals surface area contributed by atoms with E-state index in [-0.39, 0.29) is 0 Å². The van der Waals surface area contributed by atoms with Crippen LogP contribution in [0.5, 0.6) is 0 Å². The summed E-state index contributed by atoms with van der Waals surface area (Å²) in [5.41, 5.74) is 17.7. The number of nitrogens with zero attached hydrogens (tertiary/aromatic N) is 1. The van der Waals surface area contributed by atoms with Gasteiger partial charge in [0.15, 0.2) is 0 Å². The van der Waals surface area contributed by atoms with Gasteiger partial charge in [0.2, 0.25) is 0 Å². The highest BCUT2D eigenvalue weighted by molar-refractivity contribution is 7.26. The van der Waals surface area contributed by atoms with E-state index >= 15 is 0 Å². The van der Waals surface area contributed by atoms with Crippen molar-refractivity contribution < 1.29 is 0 Å². The number of thiophene rings is 1. The van der Waals surface area contributed by atoms with Crippen LogP contribution in [0.15, 0.2) is 200 Å². The molecule has 2 aliphatic carbocycles. The smallest absolute Gasteiger partial charge is 0.0726 e.